The molecule has 2 aliphatic rings. The van der Waals surface area contributed by atoms with Gasteiger partial charge in [-0.2, -0.15) is 5.26 Å². The van der Waals surface area contributed by atoms with Crippen LogP contribution in [0.15, 0.2) is 36.0 Å². The molecule has 6 nitrogen and oxygen atoms in total. The zero-order valence-corrected chi connectivity index (χ0v) is 17.6. The highest BCUT2D eigenvalue weighted by Crippen LogP contribution is 2.35. The number of carbonyl (C=O) groups excluding carboxylic acids is 2. The van der Waals surface area contributed by atoms with Gasteiger partial charge < -0.3 is 15.0 Å². The maximum atomic E-state index is 13.5. The van der Waals surface area contributed by atoms with Crippen LogP contribution in [0, 0.1) is 16.7 Å². The number of esters is 1. The molecular formula is C22H25ClFN3O3. The molecule has 0 saturated carbocycles. The van der Waals surface area contributed by atoms with E-state index in [1.54, 1.807) is 12.1 Å². The Bertz CT molecular complexity index is 867. The van der Waals surface area contributed by atoms with Crippen LogP contribution in [0.25, 0.3) is 0 Å². The predicted molar refractivity (Wildman–Crippen MR) is 110 cm³/mol. The number of likely N-dealkylation sites (tertiary alicyclic amines) is 1. The first kappa shape index (κ1) is 22.1. The van der Waals surface area contributed by atoms with Crippen LogP contribution < -0.4 is 5.32 Å². The molecule has 1 heterocycles. The van der Waals surface area contributed by atoms with E-state index >= 15 is 0 Å². The topological polar surface area (TPSA) is 82.4 Å². The van der Waals surface area contributed by atoms with Gasteiger partial charge in [0, 0.05) is 17.1 Å². The van der Waals surface area contributed by atoms with E-state index in [0.717, 1.165) is 11.3 Å². The number of hydrogen-bond acceptors (Lipinski definition) is 5. The smallest absolute Gasteiger partial charge is 0.312 e. The highest BCUT2D eigenvalue weighted by Gasteiger charge is 2.37. The Morgan fingerprint density at radius 2 is 2.13 bits per heavy atom. The van der Waals surface area contributed by atoms with E-state index < -0.39 is 17.6 Å². The molecule has 1 aromatic carbocycles. The van der Waals surface area contributed by atoms with E-state index in [-0.39, 0.29) is 38.0 Å². The first-order chi connectivity index (χ1) is 14.3. The monoisotopic (exact) mass is 433 g/mol. The van der Waals surface area contributed by atoms with E-state index in [9.17, 15) is 14.0 Å². The molecule has 1 saturated heterocycles. The Morgan fingerprint density at radius 1 is 1.40 bits per heavy atom. The molecular weight excluding hydrogens is 409 g/mol. The summed E-state index contributed by atoms with van der Waals surface area (Å²) in [5.74, 6) is -0.551. The molecule has 0 spiro atoms. The van der Waals surface area contributed by atoms with Crippen molar-refractivity contribution in [1.29, 1.82) is 5.26 Å². The third-order valence-corrected chi connectivity index (χ3v) is 5.96. The van der Waals surface area contributed by atoms with Gasteiger partial charge in [-0.25, -0.2) is 4.39 Å². The maximum absolute atomic E-state index is 13.5. The molecule has 3 rings (SSSR count). The van der Waals surface area contributed by atoms with Gasteiger partial charge in [0.15, 0.2) is 0 Å². The Hall–Kier alpha value is -2.59. The van der Waals surface area contributed by atoms with Gasteiger partial charge in [-0.05, 0) is 43.9 Å². The quantitative estimate of drug-likeness (QED) is 0.694. The molecule has 160 valence electrons. The first-order valence-corrected chi connectivity index (χ1v) is 10.4. The molecule has 1 fully saturated rings. The molecule has 30 heavy (non-hydrogen) atoms. The molecule has 1 aromatic rings. The van der Waals surface area contributed by atoms with Gasteiger partial charge in [-0.1, -0.05) is 29.8 Å². The van der Waals surface area contributed by atoms with E-state index in [0.29, 0.717) is 24.3 Å². The zero-order valence-electron chi connectivity index (χ0n) is 16.9. The van der Waals surface area contributed by atoms with E-state index in [4.69, 9.17) is 21.6 Å². The Kier molecular flexibility index (Phi) is 6.99. The van der Waals surface area contributed by atoms with Crippen LogP contribution in [0.1, 0.15) is 38.2 Å². The van der Waals surface area contributed by atoms with Crippen molar-refractivity contribution in [2.75, 3.05) is 13.1 Å². The summed E-state index contributed by atoms with van der Waals surface area (Å²) < 4.78 is 19.0. The maximum Gasteiger partial charge on any atom is 0.312 e. The van der Waals surface area contributed by atoms with Crippen molar-refractivity contribution in [1.82, 2.24) is 10.2 Å². The second-order valence-electron chi connectivity index (χ2n) is 8.07. The highest BCUT2D eigenvalue weighted by molar-refractivity contribution is 6.30. The summed E-state index contributed by atoms with van der Waals surface area (Å²) in [5.41, 5.74) is 1.12. The summed E-state index contributed by atoms with van der Waals surface area (Å²) in [4.78, 5) is 26.2. The van der Waals surface area contributed by atoms with Crippen molar-refractivity contribution >= 4 is 23.5 Å². The lowest BCUT2D eigenvalue weighted by atomic mass is 9.78. The highest BCUT2D eigenvalue weighted by atomic mass is 35.5. The molecule has 8 heteroatoms. The number of nitriles is 1. The second-order valence-corrected chi connectivity index (χ2v) is 8.51. The van der Waals surface area contributed by atoms with Crippen LogP contribution in [0.4, 0.5) is 4.39 Å². The molecule has 1 N–H and O–H groups in total. The van der Waals surface area contributed by atoms with Crippen LogP contribution in [0.3, 0.4) is 0 Å². The van der Waals surface area contributed by atoms with Crippen molar-refractivity contribution in [3.63, 3.8) is 0 Å². The summed E-state index contributed by atoms with van der Waals surface area (Å²) in [5, 5.41) is 12.8. The number of hydrogen-bond donors (Lipinski definition) is 1. The number of allylic oxidation sites excluding steroid dienone is 2. The minimum Gasteiger partial charge on any atom is -0.460 e. The van der Waals surface area contributed by atoms with Gasteiger partial charge in [0.25, 0.3) is 0 Å². The third-order valence-electron chi connectivity index (χ3n) is 5.71. The number of rotatable bonds is 6. The van der Waals surface area contributed by atoms with Crippen molar-refractivity contribution in [3.05, 3.63) is 46.6 Å². The van der Waals surface area contributed by atoms with Gasteiger partial charge >= 0.3 is 5.97 Å². The van der Waals surface area contributed by atoms with Gasteiger partial charge in [-0.3, -0.25) is 9.59 Å². The Labute approximate surface area is 180 Å². The number of alkyl halides is 1. The van der Waals surface area contributed by atoms with Crippen LogP contribution in [-0.4, -0.2) is 42.1 Å². The van der Waals surface area contributed by atoms with E-state index in [1.165, 1.54) is 4.90 Å². The lowest BCUT2D eigenvalue weighted by Crippen LogP contribution is -2.41. The van der Waals surface area contributed by atoms with Crippen molar-refractivity contribution in [2.45, 2.75) is 51.4 Å². The molecule has 0 aromatic heterocycles. The molecule has 3 atom stereocenters. The summed E-state index contributed by atoms with van der Waals surface area (Å²) in [6, 6.07) is 8.42. The fourth-order valence-electron chi connectivity index (χ4n) is 3.69. The van der Waals surface area contributed by atoms with Crippen LogP contribution in [0.5, 0.6) is 0 Å². The second kappa shape index (κ2) is 9.48. The normalized spacial score (nSPS) is 25.9. The molecule has 1 unspecified atom stereocenters. The fraction of sp³-hybridized carbons (Fsp3) is 0.500. The average molecular weight is 434 g/mol. The minimum atomic E-state index is -1.15. The van der Waals surface area contributed by atoms with Crippen molar-refractivity contribution < 1.29 is 18.7 Å². The number of carbonyl (C=O) groups is 2. The lowest BCUT2D eigenvalue weighted by molar-refractivity contribution is -0.157. The number of benzene rings is 1. The van der Waals surface area contributed by atoms with Crippen LogP contribution in [-0.2, 0) is 20.9 Å². The zero-order chi connectivity index (χ0) is 21.7. The number of halogens is 2. The van der Waals surface area contributed by atoms with Crippen molar-refractivity contribution in [2.24, 2.45) is 5.41 Å². The van der Waals surface area contributed by atoms with Crippen LogP contribution >= 0.6 is 11.6 Å². The Balaban J connectivity index is 1.47. The number of nitrogens with one attached hydrogen (secondary N) is 1. The van der Waals surface area contributed by atoms with E-state index in [1.807, 2.05) is 31.2 Å². The van der Waals surface area contributed by atoms with Crippen molar-refractivity contribution in [3.8, 4) is 6.07 Å². The molecule has 1 amide bonds. The van der Waals surface area contributed by atoms with Gasteiger partial charge in [0.05, 0.1) is 24.6 Å². The summed E-state index contributed by atoms with van der Waals surface area (Å²) >= 11 is 5.86. The van der Waals surface area contributed by atoms with Gasteiger partial charge in [0.1, 0.15) is 18.8 Å². The molecule has 0 radical (unpaired) electrons. The summed E-state index contributed by atoms with van der Waals surface area (Å²) in [7, 11) is 0. The van der Waals surface area contributed by atoms with Gasteiger partial charge in [-0.15, -0.1) is 0 Å². The first-order valence-electron chi connectivity index (χ1n) is 9.98. The standard InChI is InChI=1S/C22H25ClFN3O3/c1-22(21(29)30-14-15-2-4-16(23)5-3-15)8-6-18(7-9-22)26-12-20(28)27-13-17(24)10-19(27)11-25/h2-6,17,19,26H,7-10,12-14H2,1H3/t17-,19-,22?/m0/s1. The van der Waals surface area contributed by atoms with Gasteiger partial charge in [0.2, 0.25) is 5.91 Å². The largest absolute Gasteiger partial charge is 0.460 e. The Morgan fingerprint density at radius 3 is 2.77 bits per heavy atom. The van der Waals surface area contributed by atoms with E-state index in [2.05, 4.69) is 5.32 Å². The SMILES string of the molecule is CC1(C(=O)OCc2ccc(Cl)cc2)CC=C(NCC(=O)N2C[C@@H](F)C[C@H]2C#N)CC1. The number of nitrogens with zero attached hydrogens (tertiary/aromatic N) is 2. The molecule has 0 bridgehead atoms. The fourth-order valence-corrected chi connectivity index (χ4v) is 3.81. The molecule has 1 aliphatic carbocycles. The number of ether oxygens (including phenoxy) is 1. The molecule has 1 aliphatic heterocycles. The summed E-state index contributed by atoms with van der Waals surface area (Å²) in [6.45, 7) is 2.04. The number of amides is 1. The van der Waals surface area contributed by atoms with Crippen LogP contribution in [0.2, 0.25) is 5.02 Å². The predicted octanol–water partition coefficient (Wildman–Crippen LogP) is 3.51. The minimum absolute atomic E-state index is 0.00839. The third kappa shape index (κ3) is 5.31. The lowest BCUT2D eigenvalue weighted by Gasteiger charge is -2.31. The average Bonchev–Trinajstić information content (AvgIpc) is 3.13. The summed E-state index contributed by atoms with van der Waals surface area (Å²) in [6.07, 6.45) is 2.53.